The second-order valence-electron chi connectivity index (χ2n) is 13.4. The Hall–Kier alpha value is -5.14. The number of sulfonamides is 1. The van der Waals surface area contributed by atoms with Crippen molar-refractivity contribution >= 4 is 51.1 Å². The molecule has 3 fully saturated rings. The Balaban J connectivity index is 0.000000867. The molecule has 3 aliphatic heterocycles. The third-order valence-electron chi connectivity index (χ3n) is 9.60. The van der Waals surface area contributed by atoms with E-state index in [4.69, 9.17) is 52.1 Å². The van der Waals surface area contributed by atoms with Crippen LogP contribution in [-0.4, -0.2) is 82.5 Å². The van der Waals surface area contributed by atoms with Crippen molar-refractivity contribution in [2.75, 3.05) is 33.9 Å². The summed E-state index contributed by atoms with van der Waals surface area (Å²) in [6.45, 7) is 2.52. The topological polar surface area (TPSA) is 185 Å². The number of hydrogen-bond donors (Lipinski definition) is 2. The summed E-state index contributed by atoms with van der Waals surface area (Å²) < 4.78 is 85.2. The van der Waals surface area contributed by atoms with E-state index in [1.807, 2.05) is 0 Å². The molecule has 0 amide bonds. The summed E-state index contributed by atoms with van der Waals surface area (Å²) in [5.41, 5.74) is 1.16. The van der Waals surface area contributed by atoms with Gasteiger partial charge in [0.15, 0.2) is 23.9 Å². The molecule has 1 aromatic heterocycles. The number of halogens is 5. The molecule has 3 aromatic carbocycles. The average molecular weight is 885 g/mol. The van der Waals surface area contributed by atoms with Gasteiger partial charge in [-0.25, -0.2) is 22.8 Å². The van der Waals surface area contributed by atoms with E-state index in [9.17, 15) is 36.4 Å². The first kappa shape index (κ1) is 45.0. The summed E-state index contributed by atoms with van der Waals surface area (Å²) >= 11 is 12.8. The molecule has 14 nitrogen and oxygen atoms in total. The number of carboxylic acids is 1. The molecule has 4 aromatic rings. The molecule has 0 radical (unpaired) electrons. The first-order chi connectivity index (χ1) is 27.9. The molecule has 4 heterocycles. The molecular weight excluding hydrogens is 846 g/mol. The zero-order valence-corrected chi connectivity index (χ0v) is 33.7. The number of rotatable bonds is 13. The van der Waals surface area contributed by atoms with Crippen LogP contribution >= 0.6 is 23.2 Å². The Morgan fingerprint density at radius 3 is 2.12 bits per heavy atom. The highest BCUT2D eigenvalue weighted by Crippen LogP contribution is 2.36. The van der Waals surface area contributed by atoms with E-state index in [0.717, 1.165) is 38.3 Å². The van der Waals surface area contributed by atoms with Gasteiger partial charge in [-0.3, -0.25) is 4.90 Å². The van der Waals surface area contributed by atoms with E-state index in [0.29, 0.717) is 39.5 Å². The minimum Gasteiger partial charge on any atom is -0.619 e. The number of esters is 2. The number of carboxylic acid groups (broad SMARTS) is 1. The molecule has 2 bridgehead atoms. The van der Waals surface area contributed by atoms with Gasteiger partial charge in [0.05, 0.1) is 24.7 Å². The van der Waals surface area contributed by atoms with E-state index in [1.54, 1.807) is 48.5 Å². The number of alkyl halides is 3. The molecule has 2 N–H and O–H groups in total. The fourth-order valence-corrected chi connectivity index (χ4v) is 8.38. The van der Waals surface area contributed by atoms with Gasteiger partial charge >= 0.3 is 24.1 Å². The van der Waals surface area contributed by atoms with Crippen LogP contribution in [0.5, 0.6) is 11.5 Å². The maximum absolute atomic E-state index is 13.9. The molecule has 3 saturated heterocycles. The Labute approximate surface area is 347 Å². The number of fused-ring (bicyclic) bond motifs is 3. The quantitative estimate of drug-likeness (QED) is 0.0899. The van der Waals surface area contributed by atoms with Gasteiger partial charge in [0.25, 0.3) is 0 Å². The lowest BCUT2D eigenvalue weighted by Crippen LogP contribution is -2.52. The Morgan fingerprint density at radius 1 is 0.932 bits per heavy atom. The van der Waals surface area contributed by atoms with Crippen LogP contribution in [0, 0.1) is 11.1 Å². The third kappa shape index (κ3) is 11.5. The smallest absolute Gasteiger partial charge is 0.490 e. The number of pyridine rings is 1. The highest BCUT2D eigenvalue weighted by atomic mass is 35.5. The fraction of sp³-hybridized carbons (Fsp3) is 0.333. The number of carbonyl (C=O) groups is 3. The number of benzene rings is 3. The van der Waals surface area contributed by atoms with Gasteiger partial charge in [0.2, 0.25) is 10.0 Å². The number of carbonyl (C=O) groups excluding carboxylic acids is 2. The van der Waals surface area contributed by atoms with Crippen molar-refractivity contribution in [3.63, 3.8) is 0 Å². The minimum absolute atomic E-state index is 0.0419. The second kappa shape index (κ2) is 19.3. The summed E-state index contributed by atoms with van der Waals surface area (Å²) in [6.07, 6.45) is -2.38. The van der Waals surface area contributed by atoms with E-state index < -0.39 is 46.3 Å². The largest absolute Gasteiger partial charge is 0.619 e. The Bertz CT molecular complexity index is 2240. The van der Waals surface area contributed by atoms with Crippen LogP contribution < -0.4 is 18.9 Å². The molecule has 0 saturated carbocycles. The highest BCUT2D eigenvalue weighted by Gasteiger charge is 2.39. The van der Waals surface area contributed by atoms with Gasteiger partial charge in [0, 0.05) is 18.5 Å². The van der Waals surface area contributed by atoms with Crippen molar-refractivity contribution in [2.24, 2.45) is 5.92 Å². The Morgan fingerprint density at radius 2 is 1.56 bits per heavy atom. The zero-order chi connectivity index (χ0) is 43.1. The van der Waals surface area contributed by atoms with Crippen molar-refractivity contribution in [2.45, 2.75) is 48.6 Å². The molecule has 0 aliphatic carbocycles. The number of aromatic nitrogens is 1. The number of hydrogen-bond acceptors (Lipinski definition) is 11. The van der Waals surface area contributed by atoms with E-state index >= 15 is 0 Å². The normalized spacial score (nSPS) is 18.4. The summed E-state index contributed by atoms with van der Waals surface area (Å²) in [6, 6.07) is 17.4. The number of piperidine rings is 3. The van der Waals surface area contributed by atoms with Crippen molar-refractivity contribution in [3.05, 3.63) is 123 Å². The summed E-state index contributed by atoms with van der Waals surface area (Å²) in [4.78, 5) is 38.2. The first-order valence-corrected chi connectivity index (χ1v) is 20.0. The standard InChI is InChI=1S/C37H37Cl2N3O9S.C2HF3O2/c1-48-31-12-11-25(18-33(31)49-2)32(19-28-29(38)20-42(45)21-30(28)39)50-36(43)26-9-6-10-27(17-26)52(46,47)40-35(24-7-4-3-5-8-24)37(44)51-34-22-41-15-13-23(34)14-16-41;3-2(4,5)1(6)7/h3-12,17-18,20-21,23,32,34-35,40H,13-16,19,22H2,1-2H3;(H,6,7)/t32-,34-,35?;/m0./s1. The predicted molar refractivity (Wildman–Crippen MR) is 206 cm³/mol. The molecule has 20 heteroatoms. The van der Waals surface area contributed by atoms with Crippen molar-refractivity contribution in [1.82, 2.24) is 9.62 Å². The average Bonchev–Trinajstić information content (AvgIpc) is 3.21. The fourth-order valence-electron chi connectivity index (χ4n) is 6.56. The van der Waals surface area contributed by atoms with E-state index in [1.165, 1.54) is 38.5 Å². The van der Waals surface area contributed by atoms with Crippen LogP contribution in [-0.2, 0) is 35.5 Å². The number of aliphatic carboxylic acids is 1. The number of nitrogens with one attached hydrogen (secondary N) is 1. The summed E-state index contributed by atoms with van der Waals surface area (Å²) in [5, 5.41) is 19.1. The van der Waals surface area contributed by atoms with Crippen LogP contribution in [0.1, 0.15) is 52.0 Å². The monoisotopic (exact) mass is 883 g/mol. The minimum atomic E-state index is -5.08. The van der Waals surface area contributed by atoms with Crippen LogP contribution in [0.4, 0.5) is 13.2 Å². The van der Waals surface area contributed by atoms with Crippen molar-refractivity contribution in [1.29, 1.82) is 0 Å². The van der Waals surface area contributed by atoms with Gasteiger partial charge < -0.3 is 29.3 Å². The molecule has 0 spiro atoms. The van der Waals surface area contributed by atoms with Gasteiger partial charge in [-0.05, 0) is 73.3 Å². The van der Waals surface area contributed by atoms with Crippen LogP contribution in [0.15, 0.2) is 90.1 Å². The van der Waals surface area contributed by atoms with Crippen molar-refractivity contribution < 1.29 is 64.8 Å². The third-order valence-corrected chi connectivity index (χ3v) is 11.7. The maximum Gasteiger partial charge on any atom is 0.490 e. The molecule has 3 atom stereocenters. The number of methoxy groups -OCH3 is 2. The number of ether oxygens (including phenoxy) is 4. The number of nitrogens with zero attached hydrogens (tertiary/aromatic N) is 2. The SMILES string of the molecule is COc1ccc([C@H](Cc2c(Cl)c[n+]([O-])cc2Cl)OC(=O)c2cccc(S(=O)(=O)NC(C(=O)O[C@H]3CN4CCC3CC4)c3ccccc3)c2)cc1OC.O=C(O)C(F)(F)F. The van der Waals surface area contributed by atoms with Gasteiger partial charge in [-0.2, -0.15) is 22.6 Å². The van der Waals surface area contributed by atoms with E-state index in [-0.39, 0.29) is 38.9 Å². The van der Waals surface area contributed by atoms with E-state index in [2.05, 4.69) is 9.62 Å². The second-order valence-corrected chi connectivity index (χ2v) is 15.9. The lowest BCUT2D eigenvalue weighted by atomic mass is 9.86. The van der Waals surface area contributed by atoms with Crippen LogP contribution in [0.25, 0.3) is 0 Å². The van der Waals surface area contributed by atoms with Gasteiger partial charge in [-0.15, -0.1) is 0 Å². The summed E-state index contributed by atoms with van der Waals surface area (Å²) in [5.74, 6) is -3.30. The lowest BCUT2D eigenvalue weighted by Gasteiger charge is -2.44. The maximum atomic E-state index is 13.9. The lowest BCUT2D eigenvalue weighted by molar-refractivity contribution is -0.605. The Kier molecular flexibility index (Phi) is 14.7. The first-order valence-electron chi connectivity index (χ1n) is 17.8. The zero-order valence-electron chi connectivity index (χ0n) is 31.4. The molecule has 7 rings (SSSR count). The molecule has 1 unspecified atom stereocenters. The van der Waals surface area contributed by atoms with Gasteiger partial charge in [0.1, 0.15) is 28.3 Å². The van der Waals surface area contributed by atoms with Crippen LogP contribution in [0.3, 0.4) is 0 Å². The molecular formula is C39H38Cl2F3N3O11S. The van der Waals surface area contributed by atoms with Gasteiger partial charge in [-0.1, -0.05) is 65.7 Å². The molecule has 59 heavy (non-hydrogen) atoms. The predicted octanol–water partition coefficient (Wildman–Crippen LogP) is 6.08. The highest BCUT2D eigenvalue weighted by molar-refractivity contribution is 7.89. The van der Waals surface area contributed by atoms with Crippen molar-refractivity contribution in [3.8, 4) is 11.5 Å². The summed E-state index contributed by atoms with van der Waals surface area (Å²) in [7, 11) is -1.45. The van der Waals surface area contributed by atoms with Crippen LogP contribution in [0.2, 0.25) is 10.0 Å². The molecule has 316 valence electrons. The molecule has 3 aliphatic rings.